The molecule has 0 aromatic carbocycles. The molecule has 0 spiro atoms. The SMILES string of the molecule is CN1CNCN(Cc2ccc(Cl)nc2)/C1=N\[N+](=O)[O-]. The zero-order chi connectivity index (χ0) is 13.8. The Hall–Kier alpha value is -1.93. The summed E-state index contributed by atoms with van der Waals surface area (Å²) in [6, 6.07) is 3.51. The summed E-state index contributed by atoms with van der Waals surface area (Å²) in [4.78, 5) is 18.0. The maximum absolute atomic E-state index is 10.6. The van der Waals surface area contributed by atoms with Gasteiger partial charge in [0.25, 0.3) is 5.96 Å². The lowest BCUT2D eigenvalue weighted by molar-refractivity contribution is -0.486. The largest absolute Gasteiger partial charge is 0.328 e. The first-order valence-electron chi connectivity index (χ1n) is 5.56. The molecule has 102 valence electrons. The Morgan fingerprint density at radius 1 is 1.58 bits per heavy atom. The van der Waals surface area contributed by atoms with E-state index < -0.39 is 5.03 Å². The lowest BCUT2D eigenvalue weighted by Gasteiger charge is -2.35. The molecule has 0 saturated carbocycles. The highest BCUT2D eigenvalue weighted by molar-refractivity contribution is 6.29. The molecular weight excluding hydrogens is 272 g/mol. The van der Waals surface area contributed by atoms with E-state index >= 15 is 0 Å². The highest BCUT2D eigenvalue weighted by Crippen LogP contribution is 2.10. The first-order valence-corrected chi connectivity index (χ1v) is 5.94. The fourth-order valence-corrected chi connectivity index (χ4v) is 1.91. The molecule has 9 heteroatoms. The van der Waals surface area contributed by atoms with Gasteiger partial charge in [0.05, 0.1) is 13.3 Å². The van der Waals surface area contributed by atoms with Gasteiger partial charge in [-0.3, -0.25) is 5.32 Å². The summed E-state index contributed by atoms with van der Waals surface area (Å²) in [7, 11) is 1.74. The highest BCUT2D eigenvalue weighted by atomic mass is 35.5. The second kappa shape index (κ2) is 5.81. The van der Waals surface area contributed by atoms with Gasteiger partial charge in [0.15, 0.2) is 5.03 Å². The summed E-state index contributed by atoms with van der Waals surface area (Å²) < 4.78 is 0. The smallest absolute Gasteiger partial charge is 0.276 e. The minimum atomic E-state index is -0.690. The number of nitrogens with zero attached hydrogens (tertiary/aromatic N) is 5. The topological polar surface area (TPSA) is 86.9 Å². The zero-order valence-electron chi connectivity index (χ0n) is 10.3. The number of pyridine rings is 1. The third-order valence-electron chi connectivity index (χ3n) is 2.61. The molecule has 1 fully saturated rings. The Kier molecular flexibility index (Phi) is 4.13. The lowest BCUT2D eigenvalue weighted by atomic mass is 10.2. The van der Waals surface area contributed by atoms with E-state index in [0.29, 0.717) is 31.0 Å². The Morgan fingerprint density at radius 3 is 3.00 bits per heavy atom. The molecule has 0 radical (unpaired) electrons. The number of hydrogen-bond donors (Lipinski definition) is 1. The van der Waals surface area contributed by atoms with Crippen LogP contribution in [0.4, 0.5) is 0 Å². The van der Waals surface area contributed by atoms with E-state index in [1.54, 1.807) is 29.1 Å². The van der Waals surface area contributed by atoms with Gasteiger partial charge in [0.1, 0.15) is 10.3 Å². The van der Waals surface area contributed by atoms with E-state index in [9.17, 15) is 10.1 Å². The molecule has 2 rings (SSSR count). The number of aromatic nitrogens is 1. The molecule has 1 aliphatic heterocycles. The molecule has 1 aliphatic rings. The van der Waals surface area contributed by atoms with Crippen molar-refractivity contribution in [3.63, 3.8) is 0 Å². The predicted octanol–water partition coefficient (Wildman–Crippen LogP) is 0.535. The minimum Gasteiger partial charge on any atom is -0.328 e. The van der Waals surface area contributed by atoms with Crippen molar-refractivity contribution in [1.82, 2.24) is 20.1 Å². The van der Waals surface area contributed by atoms with Gasteiger partial charge in [-0.05, 0) is 11.6 Å². The van der Waals surface area contributed by atoms with Gasteiger partial charge in [0, 0.05) is 19.8 Å². The van der Waals surface area contributed by atoms with Crippen molar-refractivity contribution >= 4 is 17.6 Å². The number of hydrogen-bond acceptors (Lipinski definition) is 4. The second-order valence-corrected chi connectivity index (χ2v) is 4.48. The van der Waals surface area contributed by atoms with Crippen molar-refractivity contribution in [2.75, 3.05) is 20.4 Å². The molecule has 8 nitrogen and oxygen atoms in total. The normalized spacial score (nSPS) is 17.9. The average Bonchev–Trinajstić information content (AvgIpc) is 2.36. The van der Waals surface area contributed by atoms with Crippen LogP contribution in [0.15, 0.2) is 23.4 Å². The second-order valence-electron chi connectivity index (χ2n) is 4.09. The fourth-order valence-electron chi connectivity index (χ4n) is 1.80. The van der Waals surface area contributed by atoms with Crippen LogP contribution in [0, 0.1) is 10.1 Å². The molecule has 0 unspecified atom stereocenters. The Labute approximate surface area is 114 Å². The number of halogens is 1. The van der Waals surface area contributed by atoms with Gasteiger partial charge in [-0.15, -0.1) is 0 Å². The van der Waals surface area contributed by atoms with Crippen LogP contribution in [0.5, 0.6) is 0 Å². The quantitative estimate of drug-likeness (QED) is 0.495. The minimum absolute atomic E-state index is 0.318. The molecule has 0 aliphatic carbocycles. The van der Waals surface area contributed by atoms with Crippen molar-refractivity contribution in [2.24, 2.45) is 5.10 Å². The van der Waals surface area contributed by atoms with Gasteiger partial charge in [-0.25, -0.2) is 15.1 Å². The maximum Gasteiger partial charge on any atom is 0.276 e. The Balaban J connectivity index is 2.16. The lowest BCUT2D eigenvalue weighted by Crippen LogP contribution is -2.55. The van der Waals surface area contributed by atoms with E-state index in [-0.39, 0.29) is 0 Å². The summed E-state index contributed by atoms with van der Waals surface area (Å²) in [5, 5.41) is 16.8. The number of guanidine groups is 1. The zero-order valence-corrected chi connectivity index (χ0v) is 11.0. The standard InChI is InChI=1S/C10H13ClN6O2/c1-15-6-12-7-16(10(15)14-17(18)19)5-8-2-3-9(11)13-4-8/h2-4,12H,5-7H2,1H3/b14-10-. The molecule has 0 bridgehead atoms. The molecule has 1 aromatic heterocycles. The molecule has 1 saturated heterocycles. The number of nitrogens with one attached hydrogen (secondary N) is 1. The van der Waals surface area contributed by atoms with Crippen LogP contribution in [0.1, 0.15) is 5.56 Å². The van der Waals surface area contributed by atoms with Gasteiger partial charge in [0.2, 0.25) is 0 Å². The summed E-state index contributed by atoms with van der Waals surface area (Å²) in [5.74, 6) is 0.318. The third-order valence-corrected chi connectivity index (χ3v) is 2.83. The molecule has 1 aromatic rings. The van der Waals surface area contributed by atoms with Crippen LogP contribution in [-0.2, 0) is 6.54 Å². The van der Waals surface area contributed by atoms with Crippen molar-refractivity contribution in [1.29, 1.82) is 0 Å². The highest BCUT2D eigenvalue weighted by Gasteiger charge is 2.24. The van der Waals surface area contributed by atoms with Crippen LogP contribution >= 0.6 is 11.6 Å². The first kappa shape index (κ1) is 13.5. The third kappa shape index (κ3) is 3.52. The van der Waals surface area contributed by atoms with Gasteiger partial charge >= 0.3 is 0 Å². The van der Waals surface area contributed by atoms with Crippen LogP contribution in [0.3, 0.4) is 0 Å². The molecule has 0 atom stereocenters. The maximum atomic E-state index is 10.6. The van der Waals surface area contributed by atoms with Crippen molar-refractivity contribution in [3.05, 3.63) is 39.2 Å². The van der Waals surface area contributed by atoms with Crippen LogP contribution in [0.25, 0.3) is 0 Å². The fraction of sp³-hybridized carbons (Fsp3) is 0.400. The molecular formula is C10H13ClN6O2. The number of rotatable bonds is 3. The molecule has 2 heterocycles. The Bertz CT molecular complexity index is 491. The van der Waals surface area contributed by atoms with Crippen molar-refractivity contribution < 1.29 is 5.03 Å². The van der Waals surface area contributed by atoms with E-state index in [2.05, 4.69) is 15.4 Å². The average molecular weight is 285 g/mol. The van der Waals surface area contributed by atoms with Gasteiger partial charge < -0.3 is 9.80 Å². The van der Waals surface area contributed by atoms with E-state index in [0.717, 1.165) is 5.56 Å². The molecule has 19 heavy (non-hydrogen) atoms. The van der Waals surface area contributed by atoms with Gasteiger partial charge in [-0.2, -0.15) is 0 Å². The van der Waals surface area contributed by atoms with Crippen LogP contribution in [0.2, 0.25) is 5.15 Å². The van der Waals surface area contributed by atoms with Crippen molar-refractivity contribution in [3.8, 4) is 0 Å². The first-order chi connectivity index (χ1) is 9.06. The molecule has 0 amide bonds. The van der Waals surface area contributed by atoms with E-state index in [4.69, 9.17) is 11.6 Å². The summed E-state index contributed by atoms with van der Waals surface area (Å²) in [6.07, 6.45) is 1.64. The van der Waals surface area contributed by atoms with Crippen LogP contribution in [-0.4, -0.2) is 46.2 Å². The Morgan fingerprint density at radius 2 is 2.37 bits per heavy atom. The van der Waals surface area contributed by atoms with Crippen LogP contribution < -0.4 is 5.32 Å². The van der Waals surface area contributed by atoms with Crippen molar-refractivity contribution in [2.45, 2.75) is 6.54 Å². The predicted molar refractivity (Wildman–Crippen MR) is 69.9 cm³/mol. The summed E-state index contributed by atoms with van der Waals surface area (Å²) in [6.45, 7) is 1.47. The monoisotopic (exact) mass is 284 g/mol. The summed E-state index contributed by atoms with van der Waals surface area (Å²) in [5.41, 5.74) is 0.901. The number of hydrazone groups is 1. The molecule has 1 N–H and O–H groups in total. The van der Waals surface area contributed by atoms with E-state index in [1.165, 1.54) is 0 Å². The van der Waals surface area contributed by atoms with E-state index in [1.807, 2.05) is 6.07 Å². The number of nitro groups is 1. The summed E-state index contributed by atoms with van der Waals surface area (Å²) >= 11 is 5.72. The van der Waals surface area contributed by atoms with Gasteiger partial charge in [-0.1, -0.05) is 17.7 Å².